The Labute approximate surface area is 168 Å². The first-order valence-corrected chi connectivity index (χ1v) is 10.2. The molecule has 4 rings (SSSR count). The van der Waals surface area contributed by atoms with Gasteiger partial charge in [0, 0.05) is 11.8 Å². The van der Waals surface area contributed by atoms with Gasteiger partial charge < -0.3 is 20.8 Å². The third-order valence-corrected chi connectivity index (χ3v) is 6.78. The van der Waals surface area contributed by atoms with Crippen LogP contribution in [0.1, 0.15) is 12.0 Å². The molecule has 6 nitrogen and oxygen atoms in total. The summed E-state index contributed by atoms with van der Waals surface area (Å²) in [5, 5.41) is 21.6. The van der Waals surface area contributed by atoms with E-state index < -0.39 is 30.1 Å². The zero-order chi connectivity index (χ0) is 19.7. The Balaban J connectivity index is 1.74. The maximum atomic E-state index is 12.0. The minimum absolute atomic E-state index is 0.169. The summed E-state index contributed by atoms with van der Waals surface area (Å²) < 4.78 is 0. The Morgan fingerprint density at radius 1 is 1.11 bits per heavy atom. The van der Waals surface area contributed by atoms with Crippen molar-refractivity contribution in [3.63, 3.8) is 0 Å². The van der Waals surface area contributed by atoms with Gasteiger partial charge in [0.1, 0.15) is 6.10 Å². The van der Waals surface area contributed by atoms with Crippen molar-refractivity contribution in [3.8, 4) is 0 Å². The predicted octanol–water partition coefficient (Wildman–Crippen LogP) is 1.89. The summed E-state index contributed by atoms with van der Waals surface area (Å²) in [6.07, 6.45) is -1.79. The van der Waals surface area contributed by atoms with Crippen LogP contribution in [0.25, 0.3) is 0 Å². The van der Waals surface area contributed by atoms with Crippen LogP contribution in [0.3, 0.4) is 0 Å². The monoisotopic (exact) mass is 397 g/mol. The normalized spacial score (nSPS) is 31.0. The fraction of sp³-hybridized carbons (Fsp3) is 0.333. The van der Waals surface area contributed by atoms with Crippen LogP contribution in [0.5, 0.6) is 0 Å². The zero-order valence-electron chi connectivity index (χ0n) is 15.3. The number of aliphatic imine (C=N–C) groups is 1. The number of nitrogens with two attached hydrogens (primary N) is 1. The molecule has 28 heavy (non-hydrogen) atoms. The van der Waals surface area contributed by atoms with E-state index in [0.29, 0.717) is 6.54 Å². The van der Waals surface area contributed by atoms with Gasteiger partial charge in [-0.1, -0.05) is 60.3 Å². The van der Waals surface area contributed by atoms with Crippen LogP contribution in [-0.2, 0) is 11.3 Å². The molecule has 2 aliphatic rings. The second kappa shape index (κ2) is 7.95. The molecule has 5 atom stereocenters. The van der Waals surface area contributed by atoms with Gasteiger partial charge in [0.05, 0.1) is 23.8 Å². The van der Waals surface area contributed by atoms with Crippen LogP contribution in [0.2, 0.25) is 0 Å². The lowest BCUT2D eigenvalue weighted by molar-refractivity contribution is -0.128. The number of amides is 1. The van der Waals surface area contributed by atoms with Gasteiger partial charge in [0.2, 0.25) is 5.91 Å². The van der Waals surface area contributed by atoms with Crippen molar-refractivity contribution >= 4 is 28.5 Å². The molecule has 0 radical (unpaired) electrons. The van der Waals surface area contributed by atoms with Crippen LogP contribution < -0.4 is 5.73 Å². The summed E-state index contributed by atoms with van der Waals surface area (Å²) in [6.45, 7) is 0.524. The highest BCUT2D eigenvalue weighted by molar-refractivity contribution is 8.14. The van der Waals surface area contributed by atoms with Gasteiger partial charge in [-0.15, -0.1) is 0 Å². The molecule has 1 amide bonds. The molecule has 4 N–H and O–H groups in total. The zero-order valence-corrected chi connectivity index (χ0v) is 16.1. The second-order valence-corrected chi connectivity index (χ2v) is 8.36. The molecule has 1 aliphatic heterocycles. The maximum absolute atomic E-state index is 12.0. The first kappa shape index (κ1) is 19.0. The van der Waals surface area contributed by atoms with Crippen LogP contribution >= 0.6 is 11.8 Å². The average Bonchev–Trinajstić information content (AvgIpc) is 3.04. The number of carbonyl (C=O) groups excluding carboxylic acids is 1. The Bertz CT molecular complexity index is 862. The number of aliphatic hydroxyl groups is 2. The molecule has 146 valence electrons. The van der Waals surface area contributed by atoms with Crippen molar-refractivity contribution in [2.24, 2.45) is 16.6 Å². The summed E-state index contributed by atoms with van der Waals surface area (Å²) in [5.74, 6) is -0.968. The highest BCUT2D eigenvalue weighted by atomic mass is 32.2. The summed E-state index contributed by atoms with van der Waals surface area (Å²) in [7, 11) is 0. The van der Waals surface area contributed by atoms with E-state index >= 15 is 0 Å². The number of nitrogens with zero attached hydrogens (tertiary/aromatic N) is 2. The lowest BCUT2D eigenvalue weighted by atomic mass is 9.80. The molecule has 0 aromatic heterocycles. The topological polar surface area (TPSA) is 99.2 Å². The second-order valence-electron chi connectivity index (χ2n) is 7.22. The molecule has 2 aromatic rings. The highest BCUT2D eigenvalue weighted by Gasteiger charge is 2.54. The molecule has 5 unspecified atom stereocenters. The van der Waals surface area contributed by atoms with Gasteiger partial charge in [0.25, 0.3) is 0 Å². The minimum Gasteiger partial charge on any atom is -0.390 e. The molecule has 0 bridgehead atoms. The third-order valence-electron chi connectivity index (χ3n) is 5.36. The third kappa shape index (κ3) is 3.65. The number of para-hydroxylation sites is 1. The lowest BCUT2D eigenvalue weighted by Gasteiger charge is -2.41. The van der Waals surface area contributed by atoms with Crippen molar-refractivity contribution in [2.45, 2.75) is 36.5 Å². The number of hydrogen-bond donors (Lipinski definition) is 3. The number of rotatable bonds is 4. The van der Waals surface area contributed by atoms with E-state index in [1.54, 1.807) is 0 Å². The quantitative estimate of drug-likeness (QED) is 0.732. The molecule has 1 saturated carbocycles. The number of benzene rings is 2. The van der Waals surface area contributed by atoms with Gasteiger partial charge >= 0.3 is 0 Å². The summed E-state index contributed by atoms with van der Waals surface area (Å²) in [6, 6.07) is 19.0. The molecule has 7 heteroatoms. The average molecular weight is 398 g/mol. The van der Waals surface area contributed by atoms with E-state index in [2.05, 4.69) is 0 Å². The Kier molecular flexibility index (Phi) is 5.39. The number of hydrogen-bond acceptors (Lipinski definition) is 5. The predicted molar refractivity (Wildman–Crippen MR) is 110 cm³/mol. The van der Waals surface area contributed by atoms with Crippen LogP contribution in [0.15, 0.2) is 65.7 Å². The van der Waals surface area contributed by atoms with Crippen molar-refractivity contribution in [2.75, 3.05) is 0 Å². The van der Waals surface area contributed by atoms with Gasteiger partial charge in [-0.3, -0.25) is 4.79 Å². The summed E-state index contributed by atoms with van der Waals surface area (Å²) in [5.41, 5.74) is 7.48. The fourth-order valence-electron chi connectivity index (χ4n) is 3.96. The van der Waals surface area contributed by atoms with Gasteiger partial charge in [0.15, 0.2) is 5.17 Å². The highest BCUT2D eigenvalue weighted by Crippen LogP contribution is 2.45. The van der Waals surface area contributed by atoms with E-state index in [9.17, 15) is 15.0 Å². The largest absolute Gasteiger partial charge is 0.390 e. The molecule has 1 saturated heterocycles. The van der Waals surface area contributed by atoms with E-state index in [1.165, 1.54) is 11.8 Å². The van der Waals surface area contributed by atoms with Gasteiger partial charge in [-0.25, -0.2) is 4.99 Å². The van der Waals surface area contributed by atoms with Crippen LogP contribution in [0.4, 0.5) is 5.69 Å². The molecule has 1 heterocycles. The SMILES string of the molecule is NC(=O)C1CC(O)C(O)C2C1SC(=Nc1ccccc1)N2Cc1ccccc1. The van der Waals surface area contributed by atoms with Crippen LogP contribution in [-0.4, -0.2) is 49.7 Å². The number of primary amides is 1. The Morgan fingerprint density at radius 3 is 2.39 bits per heavy atom. The van der Waals surface area contributed by atoms with Gasteiger partial charge in [-0.05, 0) is 24.1 Å². The Hall–Kier alpha value is -2.35. The van der Waals surface area contributed by atoms with Crippen molar-refractivity contribution in [3.05, 3.63) is 66.2 Å². The molecular formula is C21H23N3O3S. The molecular weight excluding hydrogens is 374 g/mol. The van der Waals surface area contributed by atoms with Crippen molar-refractivity contribution < 1.29 is 15.0 Å². The number of fused-ring (bicyclic) bond motifs is 1. The summed E-state index contributed by atoms with van der Waals surface area (Å²) >= 11 is 1.46. The molecule has 2 aromatic carbocycles. The molecule has 2 fully saturated rings. The summed E-state index contributed by atoms with van der Waals surface area (Å²) in [4.78, 5) is 18.8. The number of thioether (sulfide) groups is 1. The number of aliphatic hydroxyl groups excluding tert-OH is 2. The van der Waals surface area contributed by atoms with E-state index in [0.717, 1.165) is 16.4 Å². The lowest BCUT2D eigenvalue weighted by Crippen LogP contribution is -2.58. The maximum Gasteiger partial charge on any atom is 0.221 e. The Morgan fingerprint density at radius 2 is 1.75 bits per heavy atom. The first-order chi connectivity index (χ1) is 13.5. The first-order valence-electron chi connectivity index (χ1n) is 9.31. The van der Waals surface area contributed by atoms with E-state index in [1.807, 2.05) is 65.6 Å². The van der Waals surface area contributed by atoms with Crippen LogP contribution in [0, 0.1) is 5.92 Å². The number of amidine groups is 1. The smallest absolute Gasteiger partial charge is 0.221 e. The minimum atomic E-state index is -0.992. The molecule has 0 spiro atoms. The fourth-order valence-corrected chi connectivity index (χ4v) is 5.54. The van der Waals surface area contributed by atoms with Gasteiger partial charge in [-0.2, -0.15) is 0 Å². The van der Waals surface area contributed by atoms with Crippen molar-refractivity contribution in [1.29, 1.82) is 0 Å². The van der Waals surface area contributed by atoms with E-state index in [4.69, 9.17) is 10.7 Å². The number of carbonyl (C=O) groups is 1. The molecule has 1 aliphatic carbocycles. The standard InChI is InChI=1S/C21H23N3O3S/c22-20(27)15-11-16(25)18(26)17-19(15)28-21(23-14-9-5-2-6-10-14)24(17)12-13-7-3-1-4-8-13/h1-10,15-19,25-26H,11-12H2,(H2,22,27). The van der Waals surface area contributed by atoms with Crippen molar-refractivity contribution in [1.82, 2.24) is 4.90 Å². The van der Waals surface area contributed by atoms with E-state index in [-0.39, 0.29) is 11.7 Å².